The first-order chi connectivity index (χ1) is 10.0. The van der Waals surface area contributed by atoms with E-state index in [1.807, 2.05) is 24.3 Å². The molecule has 0 aliphatic heterocycles. The van der Waals surface area contributed by atoms with E-state index in [2.05, 4.69) is 10.0 Å². The van der Waals surface area contributed by atoms with Crippen molar-refractivity contribution in [3.8, 4) is 5.75 Å². The summed E-state index contributed by atoms with van der Waals surface area (Å²) in [5.74, 6) is 0.792. The quantitative estimate of drug-likeness (QED) is 0.721. The van der Waals surface area contributed by atoms with Crippen molar-refractivity contribution >= 4 is 10.0 Å². The van der Waals surface area contributed by atoms with Crippen molar-refractivity contribution in [1.82, 2.24) is 10.0 Å². The topological polar surface area (TPSA) is 67.4 Å². The molecule has 6 heteroatoms. The third-order valence-electron chi connectivity index (χ3n) is 3.69. The minimum absolute atomic E-state index is 0.385. The number of sulfonamides is 1. The Bertz CT molecular complexity index is 556. The molecule has 1 aliphatic carbocycles. The minimum Gasteiger partial charge on any atom is -0.496 e. The van der Waals surface area contributed by atoms with Crippen LogP contribution in [0, 0.1) is 0 Å². The number of methoxy groups -OCH3 is 1. The number of nitrogens with one attached hydrogen (secondary N) is 2. The van der Waals surface area contributed by atoms with Gasteiger partial charge < -0.3 is 10.1 Å². The minimum atomic E-state index is -3.27. The van der Waals surface area contributed by atoms with Crippen LogP contribution in [0.1, 0.15) is 25.3 Å². The Morgan fingerprint density at radius 1 is 1.33 bits per heavy atom. The molecule has 2 N–H and O–H groups in total. The molecular formula is C15H24N2O3S. The van der Waals surface area contributed by atoms with Crippen molar-refractivity contribution in [2.45, 2.75) is 37.5 Å². The number of ether oxygens (including phenoxy) is 1. The van der Waals surface area contributed by atoms with Crippen molar-refractivity contribution in [1.29, 1.82) is 0 Å². The van der Waals surface area contributed by atoms with Crippen LogP contribution in [0.2, 0.25) is 0 Å². The zero-order valence-corrected chi connectivity index (χ0v) is 13.4. The third-order valence-corrected chi connectivity index (χ3v) is 5.52. The SMILES string of the molecule is COc1ccccc1CCNS(=O)(=O)C(C)CNC1CC1. The van der Waals surface area contributed by atoms with Gasteiger partial charge in [-0.3, -0.25) is 0 Å². The van der Waals surface area contributed by atoms with E-state index >= 15 is 0 Å². The lowest BCUT2D eigenvalue weighted by Gasteiger charge is -2.15. The molecule has 5 nitrogen and oxygen atoms in total. The zero-order valence-electron chi connectivity index (χ0n) is 12.6. The van der Waals surface area contributed by atoms with Crippen molar-refractivity contribution in [2.24, 2.45) is 0 Å². The molecule has 1 unspecified atom stereocenters. The molecule has 1 aliphatic rings. The summed E-state index contributed by atoms with van der Waals surface area (Å²) in [6, 6.07) is 8.18. The Morgan fingerprint density at radius 2 is 2.05 bits per heavy atom. The molecule has 0 amide bonds. The van der Waals surface area contributed by atoms with Gasteiger partial charge in [0.25, 0.3) is 0 Å². The van der Waals surface area contributed by atoms with Gasteiger partial charge in [0.05, 0.1) is 12.4 Å². The van der Waals surface area contributed by atoms with Gasteiger partial charge >= 0.3 is 0 Å². The first-order valence-electron chi connectivity index (χ1n) is 7.36. The Morgan fingerprint density at radius 3 is 2.71 bits per heavy atom. The van der Waals surface area contributed by atoms with Gasteiger partial charge in [0.1, 0.15) is 5.75 Å². The first kappa shape index (κ1) is 16.3. The second-order valence-corrected chi connectivity index (χ2v) is 7.68. The van der Waals surface area contributed by atoms with Crippen molar-refractivity contribution in [3.05, 3.63) is 29.8 Å². The van der Waals surface area contributed by atoms with Crippen LogP contribution in [0.25, 0.3) is 0 Å². The lowest BCUT2D eigenvalue weighted by atomic mass is 10.1. The monoisotopic (exact) mass is 312 g/mol. The molecule has 0 aromatic heterocycles. The third kappa shape index (κ3) is 4.98. The molecule has 0 radical (unpaired) electrons. The predicted octanol–water partition coefficient (Wildman–Crippen LogP) is 1.30. The van der Waals surface area contributed by atoms with E-state index in [1.165, 1.54) is 0 Å². The van der Waals surface area contributed by atoms with Crippen LogP contribution in [0.5, 0.6) is 5.75 Å². The van der Waals surface area contributed by atoms with E-state index in [4.69, 9.17) is 4.74 Å². The molecule has 1 aromatic rings. The normalized spacial score (nSPS) is 16.7. The molecule has 1 aromatic carbocycles. The van der Waals surface area contributed by atoms with E-state index in [9.17, 15) is 8.42 Å². The lowest BCUT2D eigenvalue weighted by Crippen LogP contribution is -2.40. The van der Waals surface area contributed by atoms with E-state index in [0.717, 1.165) is 24.2 Å². The van der Waals surface area contributed by atoms with E-state index < -0.39 is 15.3 Å². The van der Waals surface area contributed by atoms with Crippen LogP contribution >= 0.6 is 0 Å². The molecule has 2 rings (SSSR count). The van der Waals surface area contributed by atoms with Gasteiger partial charge in [0.15, 0.2) is 0 Å². The van der Waals surface area contributed by atoms with Gasteiger partial charge in [-0.1, -0.05) is 18.2 Å². The summed E-state index contributed by atoms with van der Waals surface area (Å²) >= 11 is 0. The number of benzene rings is 1. The molecule has 0 heterocycles. The number of rotatable bonds is 9. The Kier molecular flexibility index (Phi) is 5.61. The van der Waals surface area contributed by atoms with Crippen LogP contribution in [0.15, 0.2) is 24.3 Å². The number of para-hydroxylation sites is 1. The van der Waals surface area contributed by atoms with Crippen LogP contribution in [0.4, 0.5) is 0 Å². The summed E-state index contributed by atoms with van der Waals surface area (Å²) in [7, 11) is -1.65. The highest BCUT2D eigenvalue weighted by Crippen LogP contribution is 2.19. The first-order valence-corrected chi connectivity index (χ1v) is 8.91. The van der Waals surface area contributed by atoms with Gasteiger partial charge in [-0.05, 0) is 37.8 Å². The van der Waals surface area contributed by atoms with Gasteiger partial charge in [-0.25, -0.2) is 13.1 Å². The van der Waals surface area contributed by atoms with Crippen molar-refractivity contribution in [2.75, 3.05) is 20.2 Å². The van der Waals surface area contributed by atoms with Gasteiger partial charge in [-0.15, -0.1) is 0 Å². The van der Waals surface area contributed by atoms with Crippen LogP contribution in [-0.4, -0.2) is 39.9 Å². The predicted molar refractivity (Wildman–Crippen MR) is 84.1 cm³/mol. The molecule has 1 atom stereocenters. The number of hydrogen-bond donors (Lipinski definition) is 2. The summed E-state index contributed by atoms with van der Waals surface area (Å²) in [5, 5.41) is 2.83. The lowest BCUT2D eigenvalue weighted by molar-refractivity contribution is 0.409. The second-order valence-electron chi connectivity index (χ2n) is 5.49. The molecule has 1 saturated carbocycles. The van der Waals surface area contributed by atoms with E-state index in [-0.39, 0.29) is 0 Å². The van der Waals surface area contributed by atoms with E-state index in [0.29, 0.717) is 25.6 Å². The molecule has 118 valence electrons. The number of hydrogen-bond acceptors (Lipinski definition) is 4. The van der Waals surface area contributed by atoms with Gasteiger partial charge in [-0.2, -0.15) is 0 Å². The smallest absolute Gasteiger partial charge is 0.215 e. The fourth-order valence-electron chi connectivity index (χ4n) is 2.11. The average Bonchev–Trinajstić information content (AvgIpc) is 3.29. The summed E-state index contributed by atoms with van der Waals surface area (Å²) in [6.45, 7) is 2.63. The molecule has 0 spiro atoms. The average molecular weight is 312 g/mol. The maximum Gasteiger partial charge on any atom is 0.215 e. The largest absolute Gasteiger partial charge is 0.496 e. The molecule has 0 saturated heterocycles. The standard InChI is InChI=1S/C15H24N2O3S/c1-12(11-16-14-7-8-14)21(18,19)17-10-9-13-5-3-4-6-15(13)20-2/h3-6,12,14,16-17H,7-11H2,1-2H3. The van der Waals surface area contributed by atoms with E-state index in [1.54, 1.807) is 14.0 Å². The maximum atomic E-state index is 12.1. The molecular weight excluding hydrogens is 288 g/mol. The highest BCUT2D eigenvalue weighted by Gasteiger charge is 2.25. The van der Waals surface area contributed by atoms with Crippen molar-refractivity contribution in [3.63, 3.8) is 0 Å². The second kappa shape index (κ2) is 7.24. The summed E-state index contributed by atoms with van der Waals surface area (Å²) in [6.07, 6.45) is 2.94. The summed E-state index contributed by atoms with van der Waals surface area (Å²) in [4.78, 5) is 0. The van der Waals surface area contributed by atoms with Crippen molar-refractivity contribution < 1.29 is 13.2 Å². The van der Waals surface area contributed by atoms with Gasteiger partial charge in [0.2, 0.25) is 10.0 Å². The molecule has 1 fully saturated rings. The fourth-order valence-corrected chi connectivity index (χ4v) is 3.10. The fraction of sp³-hybridized carbons (Fsp3) is 0.600. The van der Waals surface area contributed by atoms with Crippen LogP contribution in [0.3, 0.4) is 0 Å². The maximum absolute atomic E-state index is 12.1. The Balaban J connectivity index is 1.80. The van der Waals surface area contributed by atoms with Crippen LogP contribution in [-0.2, 0) is 16.4 Å². The Labute approximate surface area is 127 Å². The summed E-state index contributed by atoms with van der Waals surface area (Å²) in [5.41, 5.74) is 1.01. The molecule has 21 heavy (non-hydrogen) atoms. The zero-order chi connectivity index (χ0) is 15.3. The summed E-state index contributed by atoms with van der Waals surface area (Å²) < 4.78 is 32.2. The van der Waals surface area contributed by atoms with Crippen LogP contribution < -0.4 is 14.8 Å². The Hall–Kier alpha value is -1.11. The highest BCUT2D eigenvalue weighted by atomic mass is 32.2. The van der Waals surface area contributed by atoms with Gasteiger partial charge in [0, 0.05) is 19.1 Å². The highest BCUT2D eigenvalue weighted by molar-refractivity contribution is 7.90. The molecule has 0 bridgehead atoms.